The van der Waals surface area contributed by atoms with Crippen molar-refractivity contribution in [1.82, 2.24) is 10.2 Å². The van der Waals surface area contributed by atoms with Gasteiger partial charge in [0, 0.05) is 35.4 Å². The van der Waals surface area contributed by atoms with Crippen LogP contribution in [0.15, 0.2) is 12.1 Å². The molecule has 17 heavy (non-hydrogen) atoms. The van der Waals surface area contributed by atoms with Gasteiger partial charge in [0.15, 0.2) is 0 Å². The molecule has 1 rings (SSSR count). The molecule has 1 heterocycles. The molecule has 0 aliphatic rings. The first kappa shape index (κ1) is 14.7. The van der Waals surface area contributed by atoms with Crippen LogP contribution < -0.4 is 5.32 Å². The summed E-state index contributed by atoms with van der Waals surface area (Å²) >= 11 is 1.88. The second-order valence-corrected chi connectivity index (χ2v) is 6.18. The van der Waals surface area contributed by atoms with Gasteiger partial charge in [-0.3, -0.25) is 0 Å². The second-order valence-electron chi connectivity index (χ2n) is 4.81. The first-order valence-electron chi connectivity index (χ1n) is 6.59. The van der Waals surface area contributed by atoms with Crippen LogP contribution in [0.2, 0.25) is 0 Å². The average molecular weight is 254 g/mol. The highest BCUT2D eigenvalue weighted by atomic mass is 32.1. The van der Waals surface area contributed by atoms with Gasteiger partial charge in [0.2, 0.25) is 0 Å². The third-order valence-corrected chi connectivity index (χ3v) is 4.20. The van der Waals surface area contributed by atoms with E-state index in [0.29, 0.717) is 6.04 Å². The molecule has 0 spiro atoms. The molecule has 1 N–H and O–H groups in total. The molecule has 1 unspecified atom stereocenters. The number of likely N-dealkylation sites (N-methyl/N-ethyl adjacent to an activating group) is 1. The van der Waals surface area contributed by atoms with E-state index in [0.717, 1.165) is 19.6 Å². The Morgan fingerprint density at radius 1 is 1.41 bits per heavy atom. The molecule has 0 bridgehead atoms. The Kier molecular flexibility index (Phi) is 6.78. The first-order chi connectivity index (χ1) is 8.13. The lowest BCUT2D eigenvalue weighted by molar-refractivity contribution is 0.245. The van der Waals surface area contributed by atoms with Crippen LogP contribution in [-0.4, -0.2) is 31.1 Å². The van der Waals surface area contributed by atoms with Gasteiger partial charge in [0.25, 0.3) is 0 Å². The summed E-state index contributed by atoms with van der Waals surface area (Å²) in [5, 5.41) is 3.51. The zero-order valence-electron chi connectivity index (χ0n) is 11.6. The van der Waals surface area contributed by atoms with Crippen LogP contribution in [0.25, 0.3) is 0 Å². The molecule has 0 amide bonds. The summed E-state index contributed by atoms with van der Waals surface area (Å²) in [6, 6.07) is 5.11. The number of aryl methyl sites for hydroxylation is 1. The molecule has 0 saturated carbocycles. The van der Waals surface area contributed by atoms with Crippen molar-refractivity contribution in [3.05, 3.63) is 21.9 Å². The minimum Gasteiger partial charge on any atom is -0.311 e. The second kappa shape index (κ2) is 7.85. The maximum Gasteiger partial charge on any atom is 0.0300 e. The summed E-state index contributed by atoms with van der Waals surface area (Å²) in [6.07, 6.45) is 2.56. The Morgan fingerprint density at radius 2 is 2.18 bits per heavy atom. The lowest BCUT2D eigenvalue weighted by atomic mass is 10.2. The molecule has 1 aromatic heterocycles. The van der Waals surface area contributed by atoms with Gasteiger partial charge in [-0.25, -0.2) is 0 Å². The van der Waals surface area contributed by atoms with Crippen molar-refractivity contribution in [2.75, 3.05) is 20.1 Å². The van der Waals surface area contributed by atoms with Crippen LogP contribution in [0, 0.1) is 6.92 Å². The predicted octanol–water partition coefficient (Wildman–Crippen LogP) is 3.27. The molecule has 3 heteroatoms. The van der Waals surface area contributed by atoms with Gasteiger partial charge >= 0.3 is 0 Å². The lowest BCUT2D eigenvalue weighted by Gasteiger charge is -2.24. The molecule has 0 aromatic carbocycles. The van der Waals surface area contributed by atoms with E-state index < -0.39 is 0 Å². The van der Waals surface area contributed by atoms with Crippen LogP contribution in [0.5, 0.6) is 0 Å². The van der Waals surface area contributed by atoms with Gasteiger partial charge in [-0.05, 0) is 39.4 Å². The van der Waals surface area contributed by atoms with Crippen molar-refractivity contribution in [2.24, 2.45) is 0 Å². The standard InChI is InChI=1S/C14H26N2S/c1-5-6-12(2)16(4)10-9-15-11-14-8-7-13(3)17-14/h7-8,12,15H,5-6,9-11H2,1-4H3. The molecular weight excluding hydrogens is 228 g/mol. The maximum absolute atomic E-state index is 3.51. The third kappa shape index (κ3) is 5.66. The zero-order valence-corrected chi connectivity index (χ0v) is 12.4. The Bertz CT molecular complexity index is 309. The SMILES string of the molecule is CCCC(C)N(C)CCNCc1ccc(C)s1. The fraction of sp³-hybridized carbons (Fsp3) is 0.714. The maximum atomic E-state index is 3.51. The van der Waals surface area contributed by atoms with Crippen LogP contribution in [-0.2, 0) is 6.54 Å². The van der Waals surface area contributed by atoms with Crippen molar-refractivity contribution >= 4 is 11.3 Å². The van der Waals surface area contributed by atoms with Crippen LogP contribution >= 0.6 is 11.3 Å². The quantitative estimate of drug-likeness (QED) is 0.716. The van der Waals surface area contributed by atoms with Crippen LogP contribution in [0.1, 0.15) is 36.4 Å². The summed E-state index contributed by atoms with van der Waals surface area (Å²) < 4.78 is 0. The van der Waals surface area contributed by atoms with E-state index in [2.05, 4.69) is 50.2 Å². The van der Waals surface area contributed by atoms with E-state index in [-0.39, 0.29) is 0 Å². The van der Waals surface area contributed by atoms with Gasteiger partial charge in [-0.2, -0.15) is 0 Å². The average Bonchev–Trinajstić information content (AvgIpc) is 2.70. The van der Waals surface area contributed by atoms with Gasteiger partial charge in [-0.15, -0.1) is 11.3 Å². The van der Waals surface area contributed by atoms with Crippen LogP contribution in [0.3, 0.4) is 0 Å². The molecule has 2 nitrogen and oxygen atoms in total. The molecule has 0 saturated heterocycles. The molecule has 1 atom stereocenters. The number of rotatable bonds is 8. The number of hydrogen-bond acceptors (Lipinski definition) is 3. The highest BCUT2D eigenvalue weighted by Gasteiger charge is 2.06. The van der Waals surface area contributed by atoms with Gasteiger partial charge < -0.3 is 10.2 Å². The Balaban J connectivity index is 2.11. The Labute approximate surface area is 110 Å². The topological polar surface area (TPSA) is 15.3 Å². The molecular formula is C14H26N2S. The highest BCUT2D eigenvalue weighted by molar-refractivity contribution is 7.11. The molecule has 0 aliphatic heterocycles. The monoisotopic (exact) mass is 254 g/mol. The Hall–Kier alpha value is -0.380. The number of nitrogens with one attached hydrogen (secondary N) is 1. The first-order valence-corrected chi connectivity index (χ1v) is 7.41. The summed E-state index contributed by atoms with van der Waals surface area (Å²) in [5.41, 5.74) is 0. The smallest absolute Gasteiger partial charge is 0.0300 e. The van der Waals surface area contributed by atoms with Crippen molar-refractivity contribution < 1.29 is 0 Å². The normalized spacial score (nSPS) is 13.2. The van der Waals surface area contributed by atoms with E-state index in [1.165, 1.54) is 22.6 Å². The van der Waals surface area contributed by atoms with Gasteiger partial charge in [0.05, 0.1) is 0 Å². The van der Waals surface area contributed by atoms with Crippen molar-refractivity contribution in [3.63, 3.8) is 0 Å². The minimum absolute atomic E-state index is 0.700. The van der Waals surface area contributed by atoms with E-state index in [1.807, 2.05) is 11.3 Å². The molecule has 98 valence electrons. The summed E-state index contributed by atoms with van der Waals surface area (Å²) in [5.74, 6) is 0. The van der Waals surface area contributed by atoms with E-state index in [9.17, 15) is 0 Å². The van der Waals surface area contributed by atoms with Gasteiger partial charge in [-0.1, -0.05) is 13.3 Å². The van der Waals surface area contributed by atoms with E-state index >= 15 is 0 Å². The van der Waals surface area contributed by atoms with Crippen LogP contribution in [0.4, 0.5) is 0 Å². The zero-order chi connectivity index (χ0) is 12.7. The van der Waals surface area contributed by atoms with Gasteiger partial charge in [0.1, 0.15) is 0 Å². The van der Waals surface area contributed by atoms with Crippen molar-refractivity contribution in [2.45, 2.75) is 46.2 Å². The fourth-order valence-corrected chi connectivity index (χ4v) is 2.77. The highest BCUT2D eigenvalue weighted by Crippen LogP contribution is 2.14. The largest absolute Gasteiger partial charge is 0.311 e. The summed E-state index contributed by atoms with van der Waals surface area (Å²) in [7, 11) is 2.22. The van der Waals surface area contributed by atoms with E-state index in [4.69, 9.17) is 0 Å². The predicted molar refractivity (Wildman–Crippen MR) is 77.8 cm³/mol. The number of hydrogen-bond donors (Lipinski definition) is 1. The molecule has 1 aromatic rings. The van der Waals surface area contributed by atoms with E-state index in [1.54, 1.807) is 0 Å². The minimum atomic E-state index is 0.700. The summed E-state index contributed by atoms with van der Waals surface area (Å²) in [6.45, 7) is 9.93. The lowest BCUT2D eigenvalue weighted by Crippen LogP contribution is -2.35. The number of thiophene rings is 1. The molecule has 0 radical (unpaired) electrons. The third-order valence-electron chi connectivity index (χ3n) is 3.20. The molecule has 0 fully saturated rings. The fourth-order valence-electron chi connectivity index (χ4n) is 1.91. The number of nitrogens with zero attached hydrogens (tertiary/aromatic N) is 1. The molecule has 0 aliphatic carbocycles. The van der Waals surface area contributed by atoms with Crippen molar-refractivity contribution in [1.29, 1.82) is 0 Å². The van der Waals surface area contributed by atoms with Crippen molar-refractivity contribution in [3.8, 4) is 0 Å². The summed E-state index contributed by atoms with van der Waals surface area (Å²) in [4.78, 5) is 5.28. The Morgan fingerprint density at radius 3 is 2.76 bits per heavy atom.